The van der Waals surface area contributed by atoms with Crippen LogP contribution in [0.1, 0.15) is 21.8 Å². The summed E-state index contributed by atoms with van der Waals surface area (Å²) >= 11 is 1.67. The number of hydrogen-bond acceptors (Lipinski definition) is 6. The number of nitrogens with one attached hydrogen (secondary N) is 1. The van der Waals surface area contributed by atoms with Gasteiger partial charge in [0.15, 0.2) is 11.5 Å². The standard InChI is InChI=1S/C11H14N4O2S/c1-15(5-8-2-3-18-7-8)6-9-4-10(14-17-9)11(16)13-12/h2-4,7H,5-6,12H2,1H3,(H,13,16). The highest BCUT2D eigenvalue weighted by molar-refractivity contribution is 7.07. The molecule has 7 heteroatoms. The van der Waals surface area contributed by atoms with E-state index in [4.69, 9.17) is 10.4 Å². The van der Waals surface area contributed by atoms with Crippen LogP contribution in [0, 0.1) is 0 Å². The molecule has 2 rings (SSSR count). The predicted molar refractivity (Wildman–Crippen MR) is 67.6 cm³/mol. The molecule has 6 nitrogen and oxygen atoms in total. The second kappa shape index (κ2) is 5.76. The van der Waals surface area contributed by atoms with Gasteiger partial charge in [0.1, 0.15) is 0 Å². The molecule has 0 saturated heterocycles. The molecule has 0 bridgehead atoms. The second-order valence-corrected chi connectivity index (χ2v) is 4.74. The summed E-state index contributed by atoms with van der Waals surface area (Å²) in [4.78, 5) is 13.3. The Morgan fingerprint density at radius 3 is 3.11 bits per heavy atom. The Bertz CT molecular complexity index is 509. The molecule has 0 spiro atoms. The van der Waals surface area contributed by atoms with Gasteiger partial charge in [-0.05, 0) is 29.4 Å². The number of aromatic nitrogens is 1. The number of carbonyl (C=O) groups is 1. The Labute approximate surface area is 108 Å². The van der Waals surface area contributed by atoms with Crippen molar-refractivity contribution < 1.29 is 9.32 Å². The van der Waals surface area contributed by atoms with E-state index in [1.807, 2.05) is 17.9 Å². The number of hydrogen-bond donors (Lipinski definition) is 2. The van der Waals surface area contributed by atoms with E-state index in [2.05, 4.69) is 21.5 Å². The third kappa shape index (κ3) is 3.16. The first kappa shape index (κ1) is 12.7. The quantitative estimate of drug-likeness (QED) is 0.478. The summed E-state index contributed by atoms with van der Waals surface area (Å²) in [5.74, 6) is 5.19. The fraction of sp³-hybridized carbons (Fsp3) is 0.273. The molecule has 96 valence electrons. The van der Waals surface area contributed by atoms with E-state index in [0.29, 0.717) is 12.3 Å². The molecule has 3 N–H and O–H groups in total. The molecular formula is C11H14N4O2S. The van der Waals surface area contributed by atoms with Crippen LogP contribution in [-0.2, 0) is 13.1 Å². The molecule has 2 heterocycles. The smallest absolute Gasteiger partial charge is 0.287 e. The Morgan fingerprint density at radius 1 is 1.61 bits per heavy atom. The Balaban J connectivity index is 1.92. The third-order valence-electron chi connectivity index (χ3n) is 2.38. The molecular weight excluding hydrogens is 252 g/mol. The number of nitrogen functional groups attached to an aromatic ring is 1. The molecule has 0 unspecified atom stereocenters. The summed E-state index contributed by atoms with van der Waals surface area (Å²) in [6.07, 6.45) is 0. The lowest BCUT2D eigenvalue weighted by atomic mass is 10.3. The Hall–Kier alpha value is -1.70. The van der Waals surface area contributed by atoms with E-state index in [1.165, 1.54) is 5.56 Å². The molecule has 0 fully saturated rings. The number of hydrazine groups is 1. The van der Waals surface area contributed by atoms with Crippen molar-refractivity contribution in [2.45, 2.75) is 13.1 Å². The molecule has 0 aliphatic heterocycles. The summed E-state index contributed by atoms with van der Waals surface area (Å²) in [6.45, 7) is 1.41. The normalized spacial score (nSPS) is 10.8. The third-order valence-corrected chi connectivity index (χ3v) is 3.11. The number of rotatable bonds is 5. The molecule has 2 aromatic heterocycles. The van der Waals surface area contributed by atoms with Crippen molar-refractivity contribution in [3.05, 3.63) is 39.9 Å². The van der Waals surface area contributed by atoms with Crippen molar-refractivity contribution >= 4 is 17.2 Å². The largest absolute Gasteiger partial charge is 0.359 e. The molecule has 1 amide bonds. The van der Waals surface area contributed by atoms with Crippen molar-refractivity contribution in [2.24, 2.45) is 5.84 Å². The predicted octanol–water partition coefficient (Wildman–Crippen LogP) is 0.972. The van der Waals surface area contributed by atoms with Crippen molar-refractivity contribution in [3.8, 4) is 0 Å². The minimum Gasteiger partial charge on any atom is -0.359 e. The second-order valence-electron chi connectivity index (χ2n) is 3.96. The minimum absolute atomic E-state index is 0.191. The van der Waals surface area contributed by atoms with Crippen LogP contribution in [0.4, 0.5) is 0 Å². The number of amides is 1. The van der Waals surface area contributed by atoms with Crippen LogP contribution in [0.15, 0.2) is 27.4 Å². The van der Waals surface area contributed by atoms with Gasteiger partial charge in [-0.25, -0.2) is 5.84 Å². The van der Waals surface area contributed by atoms with Crippen LogP contribution in [0.2, 0.25) is 0 Å². The van der Waals surface area contributed by atoms with E-state index in [1.54, 1.807) is 17.4 Å². The zero-order chi connectivity index (χ0) is 13.0. The van der Waals surface area contributed by atoms with E-state index in [0.717, 1.165) is 6.54 Å². The highest BCUT2D eigenvalue weighted by Gasteiger charge is 2.12. The average Bonchev–Trinajstić information content (AvgIpc) is 2.99. The first-order chi connectivity index (χ1) is 8.69. The monoisotopic (exact) mass is 266 g/mol. The molecule has 0 saturated carbocycles. The first-order valence-electron chi connectivity index (χ1n) is 5.35. The van der Waals surface area contributed by atoms with Gasteiger partial charge in [0, 0.05) is 12.6 Å². The van der Waals surface area contributed by atoms with Gasteiger partial charge in [-0.2, -0.15) is 11.3 Å². The average molecular weight is 266 g/mol. The molecule has 2 aromatic rings. The molecule has 0 aliphatic rings. The van der Waals surface area contributed by atoms with Gasteiger partial charge in [0.25, 0.3) is 5.91 Å². The van der Waals surface area contributed by atoms with E-state index < -0.39 is 5.91 Å². The van der Waals surface area contributed by atoms with E-state index in [-0.39, 0.29) is 5.69 Å². The fourth-order valence-corrected chi connectivity index (χ4v) is 2.24. The van der Waals surface area contributed by atoms with Gasteiger partial charge in [-0.3, -0.25) is 15.1 Å². The lowest BCUT2D eigenvalue weighted by Gasteiger charge is -2.13. The topological polar surface area (TPSA) is 84.4 Å². The van der Waals surface area contributed by atoms with E-state index in [9.17, 15) is 4.79 Å². The number of nitrogens with two attached hydrogens (primary N) is 1. The van der Waals surface area contributed by atoms with Gasteiger partial charge in [0.2, 0.25) is 0 Å². The van der Waals surface area contributed by atoms with Gasteiger partial charge in [-0.1, -0.05) is 5.16 Å². The maximum absolute atomic E-state index is 11.2. The van der Waals surface area contributed by atoms with Crippen LogP contribution < -0.4 is 11.3 Å². The molecule has 0 atom stereocenters. The summed E-state index contributed by atoms with van der Waals surface area (Å²) < 4.78 is 5.07. The first-order valence-corrected chi connectivity index (χ1v) is 6.29. The summed E-state index contributed by atoms with van der Waals surface area (Å²) in [5.41, 5.74) is 3.45. The number of nitrogens with zero attached hydrogens (tertiary/aromatic N) is 2. The van der Waals surface area contributed by atoms with Crippen molar-refractivity contribution in [2.75, 3.05) is 7.05 Å². The minimum atomic E-state index is -0.453. The maximum atomic E-state index is 11.2. The number of thiophene rings is 1. The van der Waals surface area contributed by atoms with Crippen LogP contribution in [0.25, 0.3) is 0 Å². The molecule has 18 heavy (non-hydrogen) atoms. The SMILES string of the molecule is CN(Cc1ccsc1)Cc1cc(C(=O)NN)no1. The van der Waals surface area contributed by atoms with Gasteiger partial charge in [-0.15, -0.1) is 0 Å². The summed E-state index contributed by atoms with van der Waals surface area (Å²) in [7, 11) is 1.98. The van der Waals surface area contributed by atoms with Crippen LogP contribution in [-0.4, -0.2) is 23.0 Å². The summed E-state index contributed by atoms with van der Waals surface area (Å²) in [6, 6.07) is 3.67. The zero-order valence-electron chi connectivity index (χ0n) is 9.92. The van der Waals surface area contributed by atoms with Gasteiger partial charge in [0.05, 0.1) is 6.54 Å². The molecule has 0 aliphatic carbocycles. The molecule has 0 aromatic carbocycles. The lowest BCUT2D eigenvalue weighted by Crippen LogP contribution is -2.30. The van der Waals surface area contributed by atoms with Crippen LogP contribution >= 0.6 is 11.3 Å². The Kier molecular flexibility index (Phi) is 4.08. The number of carbonyl (C=O) groups excluding carboxylic acids is 1. The zero-order valence-corrected chi connectivity index (χ0v) is 10.7. The van der Waals surface area contributed by atoms with Crippen molar-refractivity contribution in [1.29, 1.82) is 0 Å². The summed E-state index contributed by atoms with van der Waals surface area (Å²) in [5, 5.41) is 7.79. The lowest BCUT2D eigenvalue weighted by molar-refractivity contribution is 0.0944. The van der Waals surface area contributed by atoms with Crippen molar-refractivity contribution in [3.63, 3.8) is 0 Å². The maximum Gasteiger partial charge on any atom is 0.287 e. The van der Waals surface area contributed by atoms with Crippen molar-refractivity contribution in [1.82, 2.24) is 15.5 Å². The Morgan fingerprint density at radius 2 is 2.44 bits per heavy atom. The molecule has 0 radical (unpaired) electrons. The fourth-order valence-electron chi connectivity index (χ4n) is 1.58. The van der Waals surface area contributed by atoms with E-state index >= 15 is 0 Å². The highest BCUT2D eigenvalue weighted by atomic mass is 32.1. The van der Waals surface area contributed by atoms with Gasteiger partial charge < -0.3 is 4.52 Å². The highest BCUT2D eigenvalue weighted by Crippen LogP contribution is 2.11. The van der Waals surface area contributed by atoms with Crippen LogP contribution in [0.3, 0.4) is 0 Å². The van der Waals surface area contributed by atoms with Crippen LogP contribution in [0.5, 0.6) is 0 Å². The van der Waals surface area contributed by atoms with Gasteiger partial charge >= 0.3 is 0 Å².